The summed E-state index contributed by atoms with van der Waals surface area (Å²) < 4.78 is 73.7. The van der Waals surface area contributed by atoms with Crippen molar-refractivity contribution in [3.63, 3.8) is 0 Å². The zero-order chi connectivity index (χ0) is 28.1. The van der Waals surface area contributed by atoms with Gasteiger partial charge in [-0.25, -0.2) is 22.0 Å². The van der Waals surface area contributed by atoms with E-state index in [1.165, 1.54) is 11.8 Å². The van der Waals surface area contributed by atoms with Crippen LogP contribution < -0.4 is 0 Å². The lowest BCUT2D eigenvalue weighted by Gasteiger charge is -2.43. The van der Waals surface area contributed by atoms with Crippen molar-refractivity contribution in [3.8, 4) is 0 Å². The fourth-order valence-electron chi connectivity index (χ4n) is 6.04. The van der Waals surface area contributed by atoms with Crippen molar-refractivity contribution < 1.29 is 32.2 Å². The molecule has 4 atom stereocenters. The first-order valence-corrected chi connectivity index (χ1v) is 13.4. The number of rotatable bonds is 9. The molecular weight excluding hydrogens is 517 g/mol. The van der Waals surface area contributed by atoms with Crippen LogP contribution in [0, 0.1) is 17.6 Å². The number of halogens is 5. The summed E-state index contributed by atoms with van der Waals surface area (Å²) in [7, 11) is 0. The molecule has 2 unspecified atom stereocenters. The number of aromatic amines is 1. The third kappa shape index (κ3) is 5.44. The second-order valence-corrected chi connectivity index (χ2v) is 11.1. The van der Waals surface area contributed by atoms with Crippen LogP contribution in [0.3, 0.4) is 0 Å². The Labute approximate surface area is 224 Å². The average molecular weight is 552 g/mol. The summed E-state index contributed by atoms with van der Waals surface area (Å²) in [5.74, 6) is -5.60. The molecule has 3 heterocycles. The van der Waals surface area contributed by atoms with Gasteiger partial charge in [0.1, 0.15) is 18.2 Å². The van der Waals surface area contributed by atoms with Gasteiger partial charge in [-0.05, 0) is 56.0 Å². The normalized spacial score (nSPS) is 22.6. The molecule has 10 heteroatoms. The fourth-order valence-corrected chi connectivity index (χ4v) is 6.04. The van der Waals surface area contributed by atoms with Crippen molar-refractivity contribution in [2.75, 3.05) is 32.8 Å². The minimum absolute atomic E-state index is 0.0743. The summed E-state index contributed by atoms with van der Waals surface area (Å²) in [6.45, 7) is 2.46. The largest absolute Gasteiger partial charge is 0.390 e. The van der Waals surface area contributed by atoms with Crippen molar-refractivity contribution in [2.24, 2.45) is 5.92 Å². The Morgan fingerprint density at radius 1 is 1.13 bits per heavy atom. The van der Waals surface area contributed by atoms with E-state index < -0.39 is 55.1 Å². The highest BCUT2D eigenvalue weighted by Crippen LogP contribution is 2.44. The van der Waals surface area contributed by atoms with Gasteiger partial charge in [0.05, 0.1) is 24.9 Å². The molecule has 0 radical (unpaired) electrons. The first kappa shape index (κ1) is 28.0. The molecule has 0 aliphatic carbocycles. The molecule has 2 aliphatic rings. The van der Waals surface area contributed by atoms with Gasteiger partial charge in [0, 0.05) is 53.8 Å². The van der Waals surface area contributed by atoms with Crippen LogP contribution >= 0.6 is 0 Å². The van der Waals surface area contributed by atoms with E-state index >= 15 is 8.78 Å². The summed E-state index contributed by atoms with van der Waals surface area (Å²) in [6, 6.07) is 7.84. The number of benzene rings is 2. The number of aromatic nitrogens is 1. The van der Waals surface area contributed by atoms with Gasteiger partial charge in [-0.2, -0.15) is 0 Å². The molecule has 39 heavy (non-hydrogen) atoms. The average Bonchev–Trinajstić information content (AvgIpc) is 3.22. The van der Waals surface area contributed by atoms with Gasteiger partial charge in [0.25, 0.3) is 5.92 Å². The predicted molar refractivity (Wildman–Crippen MR) is 138 cm³/mol. The van der Waals surface area contributed by atoms with Crippen LogP contribution in [-0.2, 0) is 6.42 Å². The first-order chi connectivity index (χ1) is 18.5. The number of alkyl halides is 3. The van der Waals surface area contributed by atoms with Crippen molar-refractivity contribution in [1.29, 1.82) is 0 Å². The van der Waals surface area contributed by atoms with Crippen LogP contribution in [0.4, 0.5) is 22.0 Å². The molecule has 0 saturated carbocycles. The Morgan fingerprint density at radius 2 is 1.79 bits per heavy atom. The van der Waals surface area contributed by atoms with Crippen LogP contribution in [0.25, 0.3) is 10.9 Å². The smallest absolute Gasteiger partial charge is 0.283 e. The minimum Gasteiger partial charge on any atom is -0.390 e. The summed E-state index contributed by atoms with van der Waals surface area (Å²) in [4.78, 5) is 6.52. The van der Waals surface area contributed by atoms with E-state index in [-0.39, 0.29) is 17.0 Å². The highest BCUT2D eigenvalue weighted by Gasteiger charge is 2.44. The molecule has 1 aromatic heterocycles. The zero-order valence-corrected chi connectivity index (χ0v) is 22.0. The third-order valence-corrected chi connectivity index (χ3v) is 8.15. The van der Waals surface area contributed by atoms with Gasteiger partial charge in [-0.15, -0.1) is 0 Å². The molecule has 5 nitrogen and oxygen atoms in total. The first-order valence-electron chi connectivity index (χ1n) is 13.4. The molecule has 0 spiro atoms. The number of fused-ring (bicyclic) bond motifs is 3. The van der Waals surface area contributed by atoms with Gasteiger partial charge in [0.2, 0.25) is 0 Å². The molecular formula is C29H34F5N3O2. The maximum Gasteiger partial charge on any atom is 0.283 e. The van der Waals surface area contributed by atoms with E-state index in [0.29, 0.717) is 38.2 Å². The number of nitrogens with zero attached hydrogens (tertiary/aromatic N) is 2. The topological polar surface area (TPSA) is 62.7 Å². The minimum atomic E-state index is -3.48. The lowest BCUT2D eigenvalue weighted by molar-refractivity contribution is -0.0869. The second kappa shape index (κ2) is 10.8. The van der Waals surface area contributed by atoms with E-state index in [0.717, 1.165) is 28.6 Å². The van der Waals surface area contributed by atoms with Crippen molar-refractivity contribution in [2.45, 2.75) is 57.0 Å². The molecule has 1 saturated heterocycles. The molecule has 5 rings (SSSR count). The number of aliphatic hydroxyl groups is 2. The number of hydrogen-bond acceptors (Lipinski definition) is 4. The zero-order valence-electron chi connectivity index (χ0n) is 22.0. The Morgan fingerprint density at radius 3 is 2.44 bits per heavy atom. The van der Waals surface area contributed by atoms with E-state index in [1.54, 1.807) is 6.92 Å². The number of para-hydroxylation sites is 1. The number of H-pyrrole nitrogens is 1. The molecule has 212 valence electrons. The standard InChI is InChI=1S/C29H34F5N3O2/c1-16(30)7-8-36-12-19(13-36)28(39)18-10-22(31)25(23(32)11-18)27-26-21(20-5-3-4-6-24(20)35-26)9-17(2)37(27)14-29(33,34)15-38/h3-6,10-11,16-17,19,27-28,35,38-39H,7-9,12-15H2,1-2H3/t16?,17-,27-,28?/m1/s1. The van der Waals surface area contributed by atoms with E-state index in [4.69, 9.17) is 0 Å². The van der Waals surface area contributed by atoms with E-state index in [1.807, 2.05) is 29.2 Å². The highest BCUT2D eigenvalue weighted by molar-refractivity contribution is 5.85. The molecule has 1 fully saturated rings. The summed E-state index contributed by atoms with van der Waals surface area (Å²) in [5.41, 5.74) is 1.68. The highest BCUT2D eigenvalue weighted by atomic mass is 19.3. The van der Waals surface area contributed by atoms with Crippen LogP contribution in [0.2, 0.25) is 0 Å². The maximum atomic E-state index is 15.8. The van der Waals surface area contributed by atoms with Gasteiger partial charge >= 0.3 is 0 Å². The van der Waals surface area contributed by atoms with E-state index in [2.05, 4.69) is 4.98 Å². The molecule has 0 bridgehead atoms. The van der Waals surface area contributed by atoms with Crippen molar-refractivity contribution in [3.05, 3.63) is 70.4 Å². The lowest BCUT2D eigenvalue weighted by atomic mass is 9.85. The monoisotopic (exact) mass is 551 g/mol. The number of likely N-dealkylation sites (tertiary alicyclic amines) is 1. The molecule has 2 aromatic carbocycles. The molecule has 0 amide bonds. The van der Waals surface area contributed by atoms with E-state index in [9.17, 15) is 23.4 Å². The molecule has 2 aliphatic heterocycles. The Bertz CT molecular complexity index is 1300. The number of aliphatic hydroxyl groups excluding tert-OH is 2. The Balaban J connectivity index is 1.50. The van der Waals surface area contributed by atoms with Gasteiger partial charge in [0.15, 0.2) is 0 Å². The third-order valence-electron chi connectivity index (χ3n) is 8.15. The molecule has 3 N–H and O–H groups in total. The maximum absolute atomic E-state index is 15.8. The molecule has 3 aromatic rings. The van der Waals surface area contributed by atoms with Crippen LogP contribution in [-0.4, -0.2) is 75.9 Å². The van der Waals surface area contributed by atoms with Crippen LogP contribution in [0.15, 0.2) is 36.4 Å². The lowest BCUT2D eigenvalue weighted by Crippen LogP contribution is -2.50. The van der Waals surface area contributed by atoms with Gasteiger partial charge in [-0.3, -0.25) is 4.90 Å². The van der Waals surface area contributed by atoms with Crippen molar-refractivity contribution in [1.82, 2.24) is 14.8 Å². The van der Waals surface area contributed by atoms with Gasteiger partial charge in [-0.1, -0.05) is 18.2 Å². The quantitative estimate of drug-likeness (QED) is 0.323. The summed E-state index contributed by atoms with van der Waals surface area (Å²) in [6.07, 6.45) is -1.29. The Kier molecular flexibility index (Phi) is 7.76. The second-order valence-electron chi connectivity index (χ2n) is 11.1. The van der Waals surface area contributed by atoms with Crippen molar-refractivity contribution >= 4 is 10.9 Å². The number of nitrogens with one attached hydrogen (secondary N) is 1. The Hall–Kier alpha value is -2.53. The van der Waals surface area contributed by atoms with Gasteiger partial charge < -0.3 is 20.1 Å². The van der Waals surface area contributed by atoms with Crippen LogP contribution in [0.1, 0.15) is 54.8 Å². The fraction of sp³-hybridized carbons (Fsp3) is 0.517. The summed E-state index contributed by atoms with van der Waals surface area (Å²) >= 11 is 0. The van der Waals surface area contributed by atoms with Crippen LogP contribution in [0.5, 0.6) is 0 Å². The predicted octanol–water partition coefficient (Wildman–Crippen LogP) is 5.12. The summed E-state index contributed by atoms with van der Waals surface area (Å²) in [5, 5.41) is 21.0. The SMILES string of the molecule is CC(F)CCN1CC(C(O)c2cc(F)c([C@@H]3c4[nH]c5ccccc5c4C[C@@H](C)N3CC(F)(F)CO)c(F)c2)C1. The number of hydrogen-bond donors (Lipinski definition) is 3.